The number of hydrogen-bond acceptors (Lipinski definition) is 9. The predicted octanol–water partition coefficient (Wildman–Crippen LogP) is 3.53. The summed E-state index contributed by atoms with van der Waals surface area (Å²) in [6.07, 6.45) is -0.895. The minimum absolute atomic E-state index is 0.00389. The van der Waals surface area contributed by atoms with Crippen LogP contribution in [0.4, 0.5) is 9.80 Å². The average molecular weight is 464 g/mol. The van der Waals surface area contributed by atoms with Gasteiger partial charge in [-0.2, -0.15) is 0 Å². The lowest BCUT2D eigenvalue weighted by Gasteiger charge is -2.08. The molecule has 3 amide bonds. The summed E-state index contributed by atoms with van der Waals surface area (Å²) in [4.78, 5) is 41.0. The Labute approximate surface area is 186 Å². The van der Waals surface area contributed by atoms with Crippen molar-refractivity contribution >= 4 is 55.8 Å². The first-order chi connectivity index (χ1) is 15.1. The van der Waals surface area contributed by atoms with Gasteiger partial charge in [-0.15, -0.1) is 22.7 Å². The lowest BCUT2D eigenvalue weighted by Crippen LogP contribution is -2.32. The van der Waals surface area contributed by atoms with Gasteiger partial charge in [0.15, 0.2) is 5.01 Å². The van der Waals surface area contributed by atoms with Crippen molar-refractivity contribution in [2.24, 2.45) is 0 Å². The molecule has 0 radical (unpaired) electrons. The lowest BCUT2D eigenvalue weighted by molar-refractivity contribution is 0.0313. The van der Waals surface area contributed by atoms with Gasteiger partial charge in [0.05, 0.1) is 35.6 Å². The van der Waals surface area contributed by atoms with E-state index in [1.165, 1.54) is 28.7 Å². The Morgan fingerprint density at radius 1 is 1.00 bits per heavy atom. The number of hydrogen-bond donors (Lipinski definition) is 2. The van der Waals surface area contributed by atoms with Gasteiger partial charge in [-0.25, -0.2) is 9.78 Å². The lowest BCUT2D eigenvalue weighted by atomic mass is 10.3. The summed E-state index contributed by atoms with van der Waals surface area (Å²) >= 11 is 2.42. The molecular formula is C20H21N3O6S2. The van der Waals surface area contributed by atoms with Crippen molar-refractivity contribution < 1.29 is 28.6 Å². The van der Waals surface area contributed by atoms with Crippen LogP contribution in [0.15, 0.2) is 35.7 Å². The van der Waals surface area contributed by atoms with Crippen molar-refractivity contribution in [3.63, 3.8) is 0 Å². The van der Waals surface area contributed by atoms with Crippen molar-refractivity contribution in [3.05, 3.63) is 46.3 Å². The fraction of sp³-hybridized carbons (Fsp3) is 0.300. The molecule has 0 unspecified atom stereocenters. The monoisotopic (exact) mass is 463 g/mol. The Kier molecular flexibility index (Phi) is 8.47. The van der Waals surface area contributed by atoms with Gasteiger partial charge in [0.1, 0.15) is 11.6 Å². The highest BCUT2D eigenvalue weighted by Crippen LogP contribution is 2.26. The Bertz CT molecular complexity index is 1020. The molecule has 0 fully saturated rings. The van der Waals surface area contributed by atoms with E-state index >= 15 is 0 Å². The van der Waals surface area contributed by atoms with Crippen molar-refractivity contribution in [1.29, 1.82) is 0 Å². The maximum absolute atomic E-state index is 12.5. The minimum atomic E-state index is -0.895. The Balaban J connectivity index is 1.49. The maximum Gasteiger partial charge on any atom is 0.414 e. The molecule has 0 bridgehead atoms. The molecule has 2 N–H and O–H groups in total. The van der Waals surface area contributed by atoms with Crippen molar-refractivity contribution in [3.8, 4) is 0 Å². The predicted molar refractivity (Wildman–Crippen MR) is 118 cm³/mol. The number of thiazole rings is 1. The number of ether oxygens (including phenoxy) is 3. The average Bonchev–Trinajstić information content (AvgIpc) is 3.40. The first-order valence-corrected chi connectivity index (χ1v) is 11.2. The third-order valence-corrected chi connectivity index (χ3v) is 5.74. The van der Waals surface area contributed by atoms with Crippen LogP contribution >= 0.6 is 22.7 Å². The van der Waals surface area contributed by atoms with E-state index in [1.54, 1.807) is 5.38 Å². The third kappa shape index (κ3) is 6.56. The molecule has 0 spiro atoms. The molecule has 31 heavy (non-hydrogen) atoms. The summed E-state index contributed by atoms with van der Waals surface area (Å²) in [5.74, 6) is -1.10. The minimum Gasteiger partial charge on any atom is -0.447 e. The summed E-state index contributed by atoms with van der Waals surface area (Å²) in [6, 6.07) is 8.93. The summed E-state index contributed by atoms with van der Waals surface area (Å²) in [5, 5.41) is 7.05. The molecule has 3 aromatic rings. The van der Waals surface area contributed by atoms with Crippen LogP contribution in [0.2, 0.25) is 0 Å². The number of benzene rings is 1. The maximum atomic E-state index is 12.5. The number of carbonyl (C=O) groups excluding carboxylic acids is 3. The van der Waals surface area contributed by atoms with Crippen molar-refractivity contribution in [2.75, 3.05) is 38.4 Å². The van der Waals surface area contributed by atoms with Crippen LogP contribution in [0, 0.1) is 0 Å². The molecule has 164 valence electrons. The van der Waals surface area contributed by atoms with E-state index < -0.39 is 17.9 Å². The van der Waals surface area contributed by atoms with Gasteiger partial charge >= 0.3 is 6.09 Å². The smallest absolute Gasteiger partial charge is 0.414 e. The highest BCUT2D eigenvalue weighted by molar-refractivity contribution is 7.20. The van der Waals surface area contributed by atoms with Crippen LogP contribution in [0.1, 0.15) is 27.1 Å². The van der Waals surface area contributed by atoms with Crippen LogP contribution in [-0.4, -0.2) is 55.9 Å². The number of rotatable bonds is 10. The van der Waals surface area contributed by atoms with Crippen molar-refractivity contribution in [2.45, 2.75) is 6.92 Å². The number of nitrogens with one attached hydrogen (secondary N) is 2. The molecule has 0 aliphatic carbocycles. The first-order valence-electron chi connectivity index (χ1n) is 9.46. The number of amides is 3. The van der Waals surface area contributed by atoms with E-state index in [2.05, 4.69) is 15.6 Å². The quantitative estimate of drug-likeness (QED) is 0.442. The molecule has 0 aliphatic heterocycles. The zero-order valence-electron chi connectivity index (χ0n) is 16.7. The SMILES string of the molecule is CCOCCOCCOC(=O)NC(=O)c1ccsc1NC(=O)c1nc2ccccc2s1. The van der Waals surface area contributed by atoms with E-state index in [4.69, 9.17) is 14.2 Å². The molecular weight excluding hydrogens is 442 g/mol. The van der Waals surface area contributed by atoms with Crippen LogP contribution in [0.25, 0.3) is 10.2 Å². The number of para-hydroxylation sites is 1. The highest BCUT2D eigenvalue weighted by atomic mass is 32.1. The van der Waals surface area contributed by atoms with E-state index in [0.29, 0.717) is 24.8 Å². The normalized spacial score (nSPS) is 10.7. The topological polar surface area (TPSA) is 116 Å². The largest absolute Gasteiger partial charge is 0.447 e. The fourth-order valence-corrected chi connectivity index (χ4v) is 4.10. The number of fused-ring (bicyclic) bond motifs is 1. The molecule has 0 aliphatic rings. The van der Waals surface area contributed by atoms with E-state index in [9.17, 15) is 14.4 Å². The molecule has 1 aromatic carbocycles. The standard InChI is InChI=1S/C20H21N3O6S2/c1-2-27-8-9-28-10-11-29-20(26)23-16(24)13-7-12-30-18(13)22-17(25)19-21-14-5-3-4-6-15(14)31-19/h3-7,12H,2,8-11H2,1H3,(H,22,25)(H,23,24,26). The summed E-state index contributed by atoms with van der Waals surface area (Å²) in [6.45, 7) is 3.54. The molecule has 0 saturated heterocycles. The van der Waals surface area contributed by atoms with Gasteiger partial charge in [-0.1, -0.05) is 12.1 Å². The van der Waals surface area contributed by atoms with Crippen LogP contribution in [-0.2, 0) is 14.2 Å². The Hall–Kier alpha value is -2.86. The molecule has 9 nitrogen and oxygen atoms in total. The molecule has 0 saturated carbocycles. The number of alkyl carbamates (subject to hydrolysis) is 1. The molecule has 0 atom stereocenters. The number of carbonyl (C=O) groups is 3. The van der Waals surface area contributed by atoms with E-state index in [-0.39, 0.29) is 23.8 Å². The van der Waals surface area contributed by atoms with Gasteiger partial charge in [0.25, 0.3) is 11.8 Å². The first kappa shape index (κ1) is 22.8. The van der Waals surface area contributed by atoms with Gasteiger partial charge < -0.3 is 19.5 Å². The summed E-state index contributed by atoms with van der Waals surface area (Å²) < 4.78 is 16.1. The number of nitrogens with zero attached hydrogens (tertiary/aromatic N) is 1. The number of aromatic nitrogens is 1. The van der Waals surface area contributed by atoms with Gasteiger partial charge in [0.2, 0.25) is 0 Å². The van der Waals surface area contributed by atoms with Gasteiger partial charge in [0, 0.05) is 6.61 Å². The zero-order valence-corrected chi connectivity index (χ0v) is 18.3. The summed E-state index contributed by atoms with van der Waals surface area (Å²) in [5.41, 5.74) is 0.885. The fourth-order valence-electron chi connectivity index (χ4n) is 2.46. The molecule has 11 heteroatoms. The number of anilines is 1. The number of thiophene rings is 1. The Morgan fingerprint density at radius 2 is 1.77 bits per heavy atom. The molecule has 2 aromatic heterocycles. The second-order valence-electron chi connectivity index (χ2n) is 6.00. The highest BCUT2D eigenvalue weighted by Gasteiger charge is 2.20. The van der Waals surface area contributed by atoms with Crippen molar-refractivity contribution in [1.82, 2.24) is 10.3 Å². The van der Waals surface area contributed by atoms with Crippen LogP contribution in [0.3, 0.4) is 0 Å². The second kappa shape index (κ2) is 11.5. The molecule has 3 rings (SSSR count). The van der Waals surface area contributed by atoms with Crippen LogP contribution in [0.5, 0.6) is 0 Å². The molecule has 2 heterocycles. The van der Waals surface area contributed by atoms with Gasteiger partial charge in [-0.05, 0) is 30.5 Å². The Morgan fingerprint density at radius 3 is 2.58 bits per heavy atom. The summed E-state index contributed by atoms with van der Waals surface area (Å²) in [7, 11) is 0. The van der Waals surface area contributed by atoms with Crippen LogP contribution < -0.4 is 10.6 Å². The van der Waals surface area contributed by atoms with E-state index in [0.717, 1.165) is 10.2 Å². The number of imide groups is 1. The third-order valence-electron chi connectivity index (χ3n) is 3.88. The second-order valence-corrected chi connectivity index (χ2v) is 7.95. The zero-order chi connectivity index (χ0) is 22.1. The van der Waals surface area contributed by atoms with Gasteiger partial charge in [-0.3, -0.25) is 14.9 Å². The van der Waals surface area contributed by atoms with E-state index in [1.807, 2.05) is 31.2 Å².